The van der Waals surface area contributed by atoms with Gasteiger partial charge in [0.25, 0.3) is 0 Å². The first kappa shape index (κ1) is 14.9. The molecule has 2 aromatic rings. The molecule has 1 unspecified atom stereocenters. The van der Waals surface area contributed by atoms with Crippen LogP contribution in [0.25, 0.3) is 0 Å². The Balaban J connectivity index is 2.32. The molecule has 2 rings (SSSR count). The minimum atomic E-state index is 0.213. The van der Waals surface area contributed by atoms with Crippen LogP contribution in [-0.2, 0) is 13.5 Å². The number of nitrogens with zero attached hydrogens (tertiary/aromatic N) is 2. The van der Waals surface area contributed by atoms with Crippen LogP contribution >= 0.6 is 39.1 Å². The van der Waals surface area contributed by atoms with E-state index in [1.54, 1.807) is 0 Å². The summed E-state index contributed by atoms with van der Waals surface area (Å²) in [6, 6.07) is 8.15. The molecule has 0 radical (unpaired) electrons. The molecule has 19 heavy (non-hydrogen) atoms. The van der Waals surface area contributed by atoms with Crippen LogP contribution in [0.5, 0.6) is 0 Å². The van der Waals surface area contributed by atoms with E-state index in [0.717, 1.165) is 27.3 Å². The lowest BCUT2D eigenvalue weighted by Gasteiger charge is -2.16. The van der Waals surface area contributed by atoms with E-state index in [1.807, 2.05) is 36.9 Å². The first-order chi connectivity index (χ1) is 9.04. The molecule has 0 bridgehead atoms. The molecular formula is C14H15BrCl2N2. The van der Waals surface area contributed by atoms with Gasteiger partial charge in [0.2, 0.25) is 0 Å². The second-order valence-electron chi connectivity index (χ2n) is 4.55. The average Bonchev–Trinajstić information content (AvgIpc) is 2.63. The molecule has 1 aromatic carbocycles. The summed E-state index contributed by atoms with van der Waals surface area (Å²) in [6.07, 6.45) is 0.780. The van der Waals surface area contributed by atoms with Crippen LogP contribution in [0, 0.1) is 6.92 Å². The minimum absolute atomic E-state index is 0.213. The first-order valence-corrected chi connectivity index (χ1v) is 7.73. The normalized spacial score (nSPS) is 12.7. The summed E-state index contributed by atoms with van der Waals surface area (Å²) in [6.45, 7) is 1.92. The zero-order chi connectivity index (χ0) is 14.0. The number of aryl methyl sites for hydroxylation is 2. The summed E-state index contributed by atoms with van der Waals surface area (Å²) in [5.74, 6) is 0.757. The van der Waals surface area contributed by atoms with Crippen LogP contribution < -0.4 is 0 Å². The van der Waals surface area contributed by atoms with E-state index in [9.17, 15) is 0 Å². The molecule has 0 fully saturated rings. The fourth-order valence-corrected chi connectivity index (χ4v) is 3.31. The molecule has 1 atom stereocenters. The van der Waals surface area contributed by atoms with E-state index in [-0.39, 0.29) is 5.92 Å². The lowest BCUT2D eigenvalue weighted by Crippen LogP contribution is -2.09. The summed E-state index contributed by atoms with van der Waals surface area (Å²) < 4.78 is 2.92. The largest absolute Gasteiger partial charge is 0.271 e. The molecule has 0 N–H and O–H groups in total. The number of halogens is 3. The van der Waals surface area contributed by atoms with E-state index >= 15 is 0 Å². The average molecular weight is 362 g/mol. The van der Waals surface area contributed by atoms with Gasteiger partial charge in [-0.05, 0) is 25.0 Å². The molecule has 0 spiro atoms. The standard InChI is InChI=1S/C14H15BrCl2N2/c1-9-14(17)13(19(2)18-9)7-10(8-16)11-5-3-4-6-12(11)15/h3-6,10H,7-8H2,1-2H3. The third-order valence-corrected chi connectivity index (χ3v) is 4.82. The molecule has 102 valence electrons. The van der Waals surface area contributed by atoms with Gasteiger partial charge in [-0.1, -0.05) is 45.7 Å². The van der Waals surface area contributed by atoms with Gasteiger partial charge in [-0.3, -0.25) is 4.68 Å². The maximum atomic E-state index is 6.30. The Morgan fingerprint density at radius 3 is 2.58 bits per heavy atom. The van der Waals surface area contributed by atoms with Crippen LogP contribution in [0.4, 0.5) is 0 Å². The molecule has 2 nitrogen and oxygen atoms in total. The van der Waals surface area contributed by atoms with E-state index in [2.05, 4.69) is 27.1 Å². The van der Waals surface area contributed by atoms with Crippen molar-refractivity contribution < 1.29 is 0 Å². The summed E-state index contributed by atoms with van der Waals surface area (Å²) >= 11 is 16.0. The smallest absolute Gasteiger partial charge is 0.0847 e. The summed E-state index contributed by atoms with van der Waals surface area (Å²) in [5.41, 5.74) is 3.09. The fourth-order valence-electron chi connectivity index (χ4n) is 2.19. The minimum Gasteiger partial charge on any atom is -0.271 e. The Morgan fingerprint density at radius 1 is 1.37 bits per heavy atom. The Morgan fingerprint density at radius 2 is 2.05 bits per heavy atom. The van der Waals surface area contributed by atoms with Crippen LogP contribution in [0.15, 0.2) is 28.7 Å². The number of aromatic nitrogens is 2. The number of hydrogen-bond acceptors (Lipinski definition) is 1. The molecule has 0 aliphatic carbocycles. The highest BCUT2D eigenvalue weighted by atomic mass is 79.9. The van der Waals surface area contributed by atoms with Gasteiger partial charge in [-0.15, -0.1) is 11.6 Å². The Hall–Kier alpha value is -0.510. The SMILES string of the molecule is Cc1nn(C)c(CC(CCl)c2ccccc2Br)c1Cl. The zero-order valence-electron chi connectivity index (χ0n) is 10.8. The topological polar surface area (TPSA) is 17.8 Å². The van der Waals surface area contributed by atoms with Crippen LogP contribution in [-0.4, -0.2) is 15.7 Å². The summed E-state index contributed by atoms with van der Waals surface area (Å²) in [4.78, 5) is 0. The highest BCUT2D eigenvalue weighted by Gasteiger charge is 2.19. The van der Waals surface area contributed by atoms with Crippen molar-refractivity contribution in [2.75, 3.05) is 5.88 Å². The van der Waals surface area contributed by atoms with E-state index in [1.165, 1.54) is 5.56 Å². The van der Waals surface area contributed by atoms with Crippen molar-refractivity contribution in [3.8, 4) is 0 Å². The van der Waals surface area contributed by atoms with E-state index in [4.69, 9.17) is 23.2 Å². The molecule has 0 saturated heterocycles. The molecule has 0 aliphatic rings. The Labute approximate surface area is 131 Å². The Kier molecular flexibility index (Phi) is 4.93. The molecule has 0 saturated carbocycles. The highest BCUT2D eigenvalue weighted by molar-refractivity contribution is 9.10. The maximum Gasteiger partial charge on any atom is 0.0847 e. The van der Waals surface area contributed by atoms with E-state index in [0.29, 0.717) is 5.88 Å². The van der Waals surface area contributed by atoms with Crippen molar-refractivity contribution in [2.24, 2.45) is 7.05 Å². The number of hydrogen-bond donors (Lipinski definition) is 0. The molecule has 0 amide bonds. The van der Waals surface area contributed by atoms with Crippen molar-refractivity contribution in [1.82, 2.24) is 9.78 Å². The van der Waals surface area contributed by atoms with Gasteiger partial charge in [-0.2, -0.15) is 5.10 Å². The van der Waals surface area contributed by atoms with Gasteiger partial charge in [0.15, 0.2) is 0 Å². The predicted octanol–water partition coefficient (Wildman–Crippen LogP) is 4.71. The van der Waals surface area contributed by atoms with Crippen molar-refractivity contribution in [3.05, 3.63) is 50.7 Å². The van der Waals surface area contributed by atoms with Crippen molar-refractivity contribution in [2.45, 2.75) is 19.3 Å². The summed E-state index contributed by atoms with van der Waals surface area (Å²) in [5, 5.41) is 5.08. The fraction of sp³-hybridized carbons (Fsp3) is 0.357. The highest BCUT2D eigenvalue weighted by Crippen LogP contribution is 2.31. The Bertz CT molecular complexity index is 581. The van der Waals surface area contributed by atoms with Gasteiger partial charge >= 0.3 is 0 Å². The van der Waals surface area contributed by atoms with Gasteiger partial charge < -0.3 is 0 Å². The van der Waals surface area contributed by atoms with Gasteiger partial charge in [0, 0.05) is 23.3 Å². The lowest BCUT2D eigenvalue weighted by molar-refractivity contribution is 0.656. The van der Waals surface area contributed by atoms with E-state index < -0.39 is 0 Å². The molecular weight excluding hydrogens is 347 g/mol. The van der Waals surface area contributed by atoms with Crippen molar-refractivity contribution in [1.29, 1.82) is 0 Å². The monoisotopic (exact) mass is 360 g/mol. The van der Waals surface area contributed by atoms with Gasteiger partial charge in [-0.25, -0.2) is 0 Å². The second-order valence-corrected chi connectivity index (χ2v) is 6.09. The predicted molar refractivity (Wildman–Crippen MR) is 84.3 cm³/mol. The van der Waals surface area contributed by atoms with Crippen molar-refractivity contribution >= 4 is 39.1 Å². The van der Waals surface area contributed by atoms with Crippen LogP contribution in [0.3, 0.4) is 0 Å². The second kappa shape index (κ2) is 6.29. The van der Waals surface area contributed by atoms with Crippen LogP contribution in [0.1, 0.15) is 22.9 Å². The lowest BCUT2D eigenvalue weighted by atomic mass is 9.96. The maximum absolute atomic E-state index is 6.30. The van der Waals surface area contributed by atoms with Crippen LogP contribution in [0.2, 0.25) is 5.02 Å². The number of alkyl halides is 1. The molecule has 1 aromatic heterocycles. The third-order valence-electron chi connectivity index (χ3n) is 3.23. The molecule has 1 heterocycles. The molecule has 5 heteroatoms. The van der Waals surface area contributed by atoms with Crippen molar-refractivity contribution in [3.63, 3.8) is 0 Å². The summed E-state index contributed by atoms with van der Waals surface area (Å²) in [7, 11) is 1.92. The zero-order valence-corrected chi connectivity index (χ0v) is 13.9. The first-order valence-electron chi connectivity index (χ1n) is 6.03. The number of rotatable bonds is 4. The number of benzene rings is 1. The van der Waals surface area contributed by atoms with Gasteiger partial charge in [0.1, 0.15) is 0 Å². The van der Waals surface area contributed by atoms with Gasteiger partial charge in [0.05, 0.1) is 16.4 Å². The quantitative estimate of drug-likeness (QED) is 0.721. The molecule has 0 aliphatic heterocycles. The third kappa shape index (κ3) is 3.15.